The number of pyridine rings is 1. The Morgan fingerprint density at radius 2 is 2.11 bits per heavy atom. The van der Waals surface area contributed by atoms with Crippen molar-refractivity contribution in [1.82, 2.24) is 4.98 Å². The molecule has 0 atom stereocenters. The van der Waals surface area contributed by atoms with Crippen LogP contribution in [0.3, 0.4) is 0 Å². The molecule has 0 aliphatic carbocycles. The summed E-state index contributed by atoms with van der Waals surface area (Å²) >= 11 is 3.42. The quantitative estimate of drug-likeness (QED) is 0.909. The van der Waals surface area contributed by atoms with Crippen LogP contribution in [0.4, 0.5) is 11.5 Å². The van der Waals surface area contributed by atoms with Gasteiger partial charge in [0, 0.05) is 16.4 Å². The molecule has 5 heteroatoms. The molecule has 0 saturated carbocycles. The monoisotopic (exact) mass is 306 g/mol. The molecular weight excluding hydrogens is 296 g/mol. The summed E-state index contributed by atoms with van der Waals surface area (Å²) in [5.41, 5.74) is 2.19. The number of nitrogens with zero attached hydrogens (tertiary/aromatic N) is 1. The van der Waals surface area contributed by atoms with Crippen LogP contribution in [-0.4, -0.2) is 16.1 Å². The van der Waals surface area contributed by atoms with Crippen LogP contribution in [0, 0.1) is 6.92 Å². The van der Waals surface area contributed by atoms with Crippen molar-refractivity contribution < 1.29 is 9.90 Å². The Balaban J connectivity index is 2.20. The van der Waals surface area contributed by atoms with Crippen molar-refractivity contribution in [2.24, 2.45) is 0 Å². The number of halogens is 1. The van der Waals surface area contributed by atoms with Crippen LogP contribution in [0.1, 0.15) is 15.9 Å². The van der Waals surface area contributed by atoms with E-state index in [4.69, 9.17) is 5.11 Å². The van der Waals surface area contributed by atoms with Crippen LogP contribution in [0.5, 0.6) is 0 Å². The van der Waals surface area contributed by atoms with E-state index < -0.39 is 5.97 Å². The van der Waals surface area contributed by atoms with Crippen LogP contribution in [-0.2, 0) is 0 Å². The van der Waals surface area contributed by atoms with Gasteiger partial charge in [0.1, 0.15) is 5.82 Å². The zero-order valence-corrected chi connectivity index (χ0v) is 11.2. The van der Waals surface area contributed by atoms with E-state index in [1.165, 1.54) is 12.3 Å². The number of carbonyl (C=O) groups is 1. The van der Waals surface area contributed by atoms with Gasteiger partial charge in [0.15, 0.2) is 0 Å². The zero-order chi connectivity index (χ0) is 13.1. The first kappa shape index (κ1) is 12.6. The van der Waals surface area contributed by atoms with Crippen molar-refractivity contribution in [1.29, 1.82) is 0 Å². The normalized spacial score (nSPS) is 10.1. The van der Waals surface area contributed by atoms with Crippen molar-refractivity contribution in [3.63, 3.8) is 0 Å². The van der Waals surface area contributed by atoms with E-state index in [0.717, 1.165) is 15.7 Å². The van der Waals surface area contributed by atoms with Gasteiger partial charge in [0.05, 0.1) is 5.56 Å². The fraction of sp³-hybridized carbons (Fsp3) is 0.0769. The molecule has 4 nitrogen and oxygen atoms in total. The number of nitrogens with one attached hydrogen (secondary N) is 1. The first-order valence-electron chi connectivity index (χ1n) is 5.28. The Kier molecular flexibility index (Phi) is 3.62. The summed E-state index contributed by atoms with van der Waals surface area (Å²) in [6.45, 7) is 2.00. The van der Waals surface area contributed by atoms with Crippen LogP contribution < -0.4 is 5.32 Å². The molecule has 2 N–H and O–H groups in total. The van der Waals surface area contributed by atoms with E-state index in [-0.39, 0.29) is 5.56 Å². The lowest BCUT2D eigenvalue weighted by Gasteiger charge is -2.07. The second-order valence-electron chi connectivity index (χ2n) is 3.88. The Labute approximate surface area is 113 Å². The van der Waals surface area contributed by atoms with Gasteiger partial charge in [-0.15, -0.1) is 0 Å². The average molecular weight is 307 g/mol. The molecule has 0 radical (unpaired) electrons. The molecule has 0 spiro atoms. The van der Waals surface area contributed by atoms with Gasteiger partial charge in [0.2, 0.25) is 0 Å². The van der Waals surface area contributed by atoms with Gasteiger partial charge in [-0.25, -0.2) is 9.78 Å². The van der Waals surface area contributed by atoms with Gasteiger partial charge < -0.3 is 10.4 Å². The Morgan fingerprint density at radius 1 is 1.33 bits per heavy atom. The molecule has 2 aromatic rings. The maximum Gasteiger partial charge on any atom is 0.337 e. The van der Waals surface area contributed by atoms with E-state index in [2.05, 4.69) is 26.2 Å². The highest BCUT2D eigenvalue weighted by Gasteiger charge is 2.03. The topological polar surface area (TPSA) is 62.2 Å². The standard InChI is InChI=1S/C13H11BrN2O2/c1-8-4-10(14)6-11(5-8)16-12-3-2-9(7-15-12)13(17)18/h2-7H,1H3,(H,15,16)(H,17,18). The van der Waals surface area contributed by atoms with E-state index in [0.29, 0.717) is 5.82 Å². The number of carboxylic acid groups (broad SMARTS) is 1. The van der Waals surface area contributed by atoms with Gasteiger partial charge in [-0.1, -0.05) is 15.9 Å². The summed E-state index contributed by atoms with van der Waals surface area (Å²) in [5.74, 6) is -0.371. The number of anilines is 2. The molecule has 0 fully saturated rings. The molecule has 1 heterocycles. The smallest absolute Gasteiger partial charge is 0.337 e. The number of carboxylic acids is 1. The third kappa shape index (κ3) is 3.07. The number of aromatic nitrogens is 1. The van der Waals surface area contributed by atoms with Gasteiger partial charge in [-0.3, -0.25) is 0 Å². The molecule has 0 aliphatic rings. The Morgan fingerprint density at radius 3 is 2.67 bits per heavy atom. The fourth-order valence-electron chi connectivity index (χ4n) is 1.55. The number of rotatable bonds is 3. The summed E-state index contributed by atoms with van der Waals surface area (Å²) in [4.78, 5) is 14.7. The molecule has 0 aliphatic heterocycles. The number of benzene rings is 1. The van der Waals surface area contributed by atoms with Crippen molar-refractivity contribution in [3.8, 4) is 0 Å². The van der Waals surface area contributed by atoms with E-state index in [1.54, 1.807) is 6.07 Å². The highest BCUT2D eigenvalue weighted by molar-refractivity contribution is 9.10. The number of hydrogen-bond donors (Lipinski definition) is 2. The summed E-state index contributed by atoms with van der Waals surface area (Å²) in [7, 11) is 0. The van der Waals surface area contributed by atoms with Crippen molar-refractivity contribution in [3.05, 3.63) is 52.1 Å². The maximum atomic E-state index is 10.7. The second kappa shape index (κ2) is 5.18. The predicted molar refractivity (Wildman–Crippen MR) is 73.4 cm³/mol. The van der Waals surface area contributed by atoms with E-state index in [1.807, 2.05) is 25.1 Å². The number of aryl methyl sites for hydroxylation is 1. The summed E-state index contributed by atoms with van der Waals surface area (Å²) in [6.07, 6.45) is 1.33. The predicted octanol–water partition coefficient (Wildman–Crippen LogP) is 3.59. The van der Waals surface area contributed by atoms with Gasteiger partial charge in [-0.2, -0.15) is 0 Å². The minimum atomic E-state index is -0.979. The first-order valence-corrected chi connectivity index (χ1v) is 6.07. The molecule has 18 heavy (non-hydrogen) atoms. The summed E-state index contributed by atoms with van der Waals surface area (Å²) < 4.78 is 0.979. The highest BCUT2D eigenvalue weighted by Crippen LogP contribution is 2.21. The SMILES string of the molecule is Cc1cc(Br)cc(Nc2ccc(C(=O)O)cn2)c1. The third-order valence-corrected chi connectivity index (χ3v) is 2.78. The zero-order valence-electron chi connectivity index (χ0n) is 9.64. The molecule has 1 aromatic heterocycles. The van der Waals surface area contributed by atoms with Gasteiger partial charge >= 0.3 is 5.97 Å². The maximum absolute atomic E-state index is 10.7. The average Bonchev–Trinajstić information content (AvgIpc) is 2.28. The summed E-state index contributed by atoms with van der Waals surface area (Å²) in [6, 6.07) is 9.08. The van der Waals surface area contributed by atoms with Crippen LogP contribution in [0.25, 0.3) is 0 Å². The van der Waals surface area contributed by atoms with Crippen molar-refractivity contribution in [2.45, 2.75) is 6.92 Å². The minimum Gasteiger partial charge on any atom is -0.478 e. The lowest BCUT2D eigenvalue weighted by Crippen LogP contribution is -1.99. The van der Waals surface area contributed by atoms with Crippen molar-refractivity contribution in [2.75, 3.05) is 5.32 Å². The number of aromatic carboxylic acids is 1. The van der Waals surface area contributed by atoms with Gasteiger partial charge in [-0.05, 0) is 42.8 Å². The molecular formula is C13H11BrN2O2. The highest BCUT2D eigenvalue weighted by atomic mass is 79.9. The molecule has 0 amide bonds. The lowest BCUT2D eigenvalue weighted by molar-refractivity contribution is 0.0696. The van der Waals surface area contributed by atoms with E-state index in [9.17, 15) is 4.79 Å². The van der Waals surface area contributed by atoms with Crippen LogP contribution in [0.15, 0.2) is 41.0 Å². The molecule has 1 aromatic carbocycles. The molecule has 2 rings (SSSR count). The second-order valence-corrected chi connectivity index (χ2v) is 4.80. The largest absolute Gasteiger partial charge is 0.478 e. The Hall–Kier alpha value is -1.88. The molecule has 0 saturated heterocycles. The first-order chi connectivity index (χ1) is 8.54. The van der Waals surface area contributed by atoms with Crippen LogP contribution >= 0.6 is 15.9 Å². The molecule has 92 valence electrons. The lowest BCUT2D eigenvalue weighted by atomic mass is 10.2. The van der Waals surface area contributed by atoms with Gasteiger partial charge in [0.25, 0.3) is 0 Å². The fourth-order valence-corrected chi connectivity index (χ4v) is 2.16. The molecule has 0 bridgehead atoms. The Bertz CT molecular complexity index is 562. The summed E-state index contributed by atoms with van der Waals surface area (Å²) in [5, 5.41) is 11.9. The van der Waals surface area contributed by atoms with Crippen LogP contribution in [0.2, 0.25) is 0 Å². The minimum absolute atomic E-state index is 0.172. The van der Waals surface area contributed by atoms with E-state index >= 15 is 0 Å². The molecule has 0 unspecified atom stereocenters. The van der Waals surface area contributed by atoms with Crippen molar-refractivity contribution >= 4 is 33.4 Å². The number of hydrogen-bond acceptors (Lipinski definition) is 3. The third-order valence-electron chi connectivity index (χ3n) is 2.32.